The molecule has 0 radical (unpaired) electrons. The smallest absolute Gasteiger partial charge is 0.323 e. The summed E-state index contributed by atoms with van der Waals surface area (Å²) in [4.78, 5) is 25.6. The summed E-state index contributed by atoms with van der Waals surface area (Å²) in [7, 11) is 0. The van der Waals surface area contributed by atoms with Crippen LogP contribution in [0, 0.1) is 6.92 Å². The molecule has 2 amide bonds. The topological polar surface area (TPSA) is 73.9 Å². The molecule has 6 nitrogen and oxygen atoms in total. The van der Waals surface area contributed by atoms with E-state index in [9.17, 15) is 13.6 Å². The average molecular weight is 399 g/mol. The van der Waals surface area contributed by atoms with Gasteiger partial charge in [-0.15, -0.1) is 0 Å². The lowest BCUT2D eigenvalue weighted by Crippen LogP contribution is -2.46. The molecule has 1 fully saturated rings. The third-order valence-corrected chi connectivity index (χ3v) is 5.15. The Hall–Kier alpha value is -3.03. The van der Waals surface area contributed by atoms with E-state index in [4.69, 9.17) is 0 Å². The average Bonchev–Trinajstić information content (AvgIpc) is 3.04. The number of halogens is 2. The number of carbonyl (C=O) groups is 1. The van der Waals surface area contributed by atoms with Crippen LogP contribution in [0.5, 0.6) is 0 Å². The molecule has 0 bridgehead atoms. The Morgan fingerprint density at radius 2 is 2.14 bits per heavy atom. The largest absolute Gasteiger partial charge is 0.343 e. The number of H-pyrrole nitrogens is 1. The fourth-order valence-electron chi connectivity index (χ4n) is 3.83. The van der Waals surface area contributed by atoms with Crippen LogP contribution in [-0.2, 0) is 5.92 Å². The number of aromatic amines is 1. The minimum absolute atomic E-state index is 0.00439. The molecule has 0 saturated carbocycles. The van der Waals surface area contributed by atoms with Crippen molar-refractivity contribution in [3.05, 3.63) is 41.7 Å². The van der Waals surface area contributed by atoms with Gasteiger partial charge >= 0.3 is 6.03 Å². The van der Waals surface area contributed by atoms with Crippen LogP contribution in [0.15, 0.2) is 30.5 Å². The second-order valence-electron chi connectivity index (χ2n) is 7.32. The maximum Gasteiger partial charge on any atom is 0.323 e. The predicted molar refractivity (Wildman–Crippen MR) is 108 cm³/mol. The van der Waals surface area contributed by atoms with Crippen LogP contribution >= 0.6 is 0 Å². The van der Waals surface area contributed by atoms with Gasteiger partial charge in [0.25, 0.3) is 5.92 Å². The van der Waals surface area contributed by atoms with Crippen molar-refractivity contribution in [1.82, 2.24) is 20.3 Å². The first-order valence-electron chi connectivity index (χ1n) is 9.80. The molecule has 29 heavy (non-hydrogen) atoms. The standard InChI is InChI=1S/C21H23F2N5O/c1-3-8-21(22,23)18-13(2)26-19-15(18)11-14(12-25-19)16-6-4-7-17(27-16)28-10-5-9-24-20(28)29/h4,6-7,11-12H,3,5,8-10H2,1-2H3,(H,24,29)(H,25,26). The van der Waals surface area contributed by atoms with Crippen LogP contribution in [0.3, 0.4) is 0 Å². The molecule has 3 aromatic heterocycles. The number of hydrogen-bond donors (Lipinski definition) is 2. The number of carbonyl (C=O) groups excluding carboxylic acids is 1. The van der Waals surface area contributed by atoms with Crippen LogP contribution in [0.2, 0.25) is 0 Å². The number of rotatable bonds is 5. The van der Waals surface area contributed by atoms with E-state index in [2.05, 4.69) is 20.3 Å². The summed E-state index contributed by atoms with van der Waals surface area (Å²) in [6, 6.07) is 6.88. The highest BCUT2D eigenvalue weighted by Gasteiger charge is 2.35. The number of aryl methyl sites for hydroxylation is 1. The number of nitrogens with zero attached hydrogens (tertiary/aromatic N) is 3. The first-order valence-corrected chi connectivity index (χ1v) is 9.80. The van der Waals surface area contributed by atoms with Gasteiger partial charge in [-0.2, -0.15) is 0 Å². The summed E-state index contributed by atoms with van der Waals surface area (Å²) < 4.78 is 29.5. The lowest BCUT2D eigenvalue weighted by atomic mass is 10.0. The van der Waals surface area contributed by atoms with E-state index in [1.54, 1.807) is 49.2 Å². The van der Waals surface area contributed by atoms with Gasteiger partial charge < -0.3 is 10.3 Å². The summed E-state index contributed by atoms with van der Waals surface area (Å²) in [6.45, 7) is 4.63. The van der Waals surface area contributed by atoms with Crippen LogP contribution in [-0.4, -0.2) is 34.1 Å². The number of hydrogen-bond acceptors (Lipinski definition) is 3. The molecular weight excluding hydrogens is 376 g/mol. The minimum atomic E-state index is -2.93. The molecule has 0 aliphatic carbocycles. The first kappa shape index (κ1) is 19.3. The van der Waals surface area contributed by atoms with Gasteiger partial charge in [0.2, 0.25) is 0 Å². The molecule has 0 atom stereocenters. The predicted octanol–water partition coefficient (Wildman–Crippen LogP) is 4.74. The second kappa shape index (κ2) is 7.42. The first-order chi connectivity index (χ1) is 13.9. The summed E-state index contributed by atoms with van der Waals surface area (Å²) in [5.74, 6) is -2.40. The molecule has 1 saturated heterocycles. The number of aromatic nitrogens is 3. The Morgan fingerprint density at radius 3 is 2.90 bits per heavy atom. The van der Waals surface area contributed by atoms with Crippen molar-refractivity contribution < 1.29 is 13.6 Å². The van der Waals surface area contributed by atoms with Crippen molar-refractivity contribution in [3.63, 3.8) is 0 Å². The van der Waals surface area contributed by atoms with Gasteiger partial charge in [-0.1, -0.05) is 19.4 Å². The third-order valence-electron chi connectivity index (χ3n) is 5.15. The third kappa shape index (κ3) is 3.54. The lowest BCUT2D eigenvalue weighted by molar-refractivity contribution is -0.0130. The van der Waals surface area contributed by atoms with Gasteiger partial charge in [-0.3, -0.25) is 4.90 Å². The normalized spacial score (nSPS) is 15.0. The molecule has 8 heteroatoms. The molecule has 0 unspecified atom stereocenters. The number of alkyl halides is 2. The molecule has 0 spiro atoms. The molecular formula is C21H23F2N5O. The summed E-state index contributed by atoms with van der Waals surface area (Å²) >= 11 is 0. The van der Waals surface area contributed by atoms with Crippen molar-refractivity contribution in [2.24, 2.45) is 0 Å². The number of urea groups is 1. The van der Waals surface area contributed by atoms with Gasteiger partial charge in [0.15, 0.2) is 0 Å². The van der Waals surface area contributed by atoms with E-state index in [0.717, 1.165) is 6.42 Å². The number of fused-ring (bicyclic) bond motifs is 1. The Morgan fingerprint density at radius 1 is 1.31 bits per heavy atom. The van der Waals surface area contributed by atoms with Crippen LogP contribution in [0.25, 0.3) is 22.3 Å². The molecule has 1 aliphatic heterocycles. The van der Waals surface area contributed by atoms with E-state index >= 15 is 0 Å². The number of anilines is 1. The Bertz CT molecular complexity index is 1060. The summed E-state index contributed by atoms with van der Waals surface area (Å²) in [5.41, 5.74) is 2.07. The van der Waals surface area contributed by atoms with E-state index < -0.39 is 5.92 Å². The zero-order chi connectivity index (χ0) is 20.6. The van der Waals surface area contributed by atoms with Crippen molar-refractivity contribution in [2.75, 3.05) is 18.0 Å². The summed E-state index contributed by atoms with van der Waals surface area (Å²) in [5, 5.41) is 3.20. The quantitative estimate of drug-likeness (QED) is 0.651. The van der Waals surface area contributed by atoms with Gasteiger partial charge in [-0.05, 0) is 31.5 Å². The molecule has 3 aromatic rings. The van der Waals surface area contributed by atoms with Crippen molar-refractivity contribution in [2.45, 2.75) is 39.0 Å². The van der Waals surface area contributed by atoms with Crippen molar-refractivity contribution in [1.29, 1.82) is 0 Å². The van der Waals surface area contributed by atoms with Gasteiger partial charge in [0.05, 0.1) is 11.3 Å². The van der Waals surface area contributed by atoms with Crippen molar-refractivity contribution >= 4 is 22.9 Å². The summed E-state index contributed by atoms with van der Waals surface area (Å²) in [6.07, 6.45) is 2.61. The zero-order valence-electron chi connectivity index (χ0n) is 16.4. The highest BCUT2D eigenvalue weighted by Crippen LogP contribution is 2.40. The molecule has 2 N–H and O–H groups in total. The number of pyridine rings is 2. The lowest BCUT2D eigenvalue weighted by Gasteiger charge is -2.26. The van der Waals surface area contributed by atoms with Gasteiger partial charge in [0.1, 0.15) is 11.5 Å². The second-order valence-corrected chi connectivity index (χ2v) is 7.32. The molecule has 4 rings (SSSR count). The van der Waals surface area contributed by atoms with Gasteiger partial charge in [-0.25, -0.2) is 23.5 Å². The zero-order valence-corrected chi connectivity index (χ0v) is 16.4. The monoisotopic (exact) mass is 399 g/mol. The number of amides is 2. The highest BCUT2D eigenvalue weighted by molar-refractivity contribution is 5.92. The van der Waals surface area contributed by atoms with E-state index in [-0.39, 0.29) is 18.0 Å². The van der Waals surface area contributed by atoms with Crippen LogP contribution in [0.1, 0.15) is 37.4 Å². The van der Waals surface area contributed by atoms with E-state index in [0.29, 0.717) is 53.3 Å². The number of nitrogens with one attached hydrogen (secondary N) is 2. The van der Waals surface area contributed by atoms with E-state index in [1.165, 1.54) is 0 Å². The van der Waals surface area contributed by atoms with Crippen LogP contribution in [0.4, 0.5) is 19.4 Å². The molecule has 152 valence electrons. The Balaban J connectivity index is 1.77. The minimum Gasteiger partial charge on any atom is -0.343 e. The maximum atomic E-state index is 14.8. The maximum absolute atomic E-state index is 14.8. The Kier molecular flexibility index (Phi) is 4.94. The molecule has 1 aliphatic rings. The van der Waals surface area contributed by atoms with Crippen molar-refractivity contribution in [3.8, 4) is 11.3 Å². The molecule has 4 heterocycles. The molecule has 0 aromatic carbocycles. The fraction of sp³-hybridized carbons (Fsp3) is 0.381. The van der Waals surface area contributed by atoms with Crippen LogP contribution < -0.4 is 10.2 Å². The Labute approximate surface area is 167 Å². The fourth-order valence-corrected chi connectivity index (χ4v) is 3.83. The highest BCUT2D eigenvalue weighted by atomic mass is 19.3. The van der Waals surface area contributed by atoms with Gasteiger partial charge in [0, 0.05) is 42.4 Å². The van der Waals surface area contributed by atoms with E-state index in [1.807, 2.05) is 0 Å². The SMILES string of the molecule is CCCC(F)(F)c1c(C)[nH]c2ncc(-c3cccc(N4CCCNC4=O)n3)cc12.